The van der Waals surface area contributed by atoms with Crippen LogP contribution in [-0.4, -0.2) is 29.2 Å². The van der Waals surface area contributed by atoms with Crippen molar-refractivity contribution < 1.29 is 5.11 Å². The standard InChI is InChI=1S/C19H21N3OS/c1-13-5-2-3-6-15(13)20-14-9-11-22(12-10-14)19-21-18-16(23)7-4-8-17(18)24-19/h2-8,14,20,23H,9-12H2,1H3. The van der Waals surface area contributed by atoms with Gasteiger partial charge in [-0.3, -0.25) is 0 Å². The van der Waals surface area contributed by atoms with Gasteiger partial charge in [-0.25, -0.2) is 4.98 Å². The van der Waals surface area contributed by atoms with Gasteiger partial charge >= 0.3 is 0 Å². The Bertz CT molecular complexity index is 853. The third-order valence-electron chi connectivity index (χ3n) is 4.66. The van der Waals surface area contributed by atoms with Crippen LogP contribution in [0.5, 0.6) is 5.75 Å². The van der Waals surface area contributed by atoms with E-state index in [2.05, 4.69) is 46.4 Å². The highest BCUT2D eigenvalue weighted by Crippen LogP contribution is 2.34. The van der Waals surface area contributed by atoms with Crippen molar-refractivity contribution >= 4 is 32.4 Å². The molecule has 124 valence electrons. The number of aryl methyl sites for hydroxylation is 1. The summed E-state index contributed by atoms with van der Waals surface area (Å²) in [4.78, 5) is 6.97. The summed E-state index contributed by atoms with van der Waals surface area (Å²) < 4.78 is 1.05. The molecule has 0 atom stereocenters. The highest BCUT2D eigenvalue weighted by molar-refractivity contribution is 7.22. The van der Waals surface area contributed by atoms with Gasteiger partial charge in [0.1, 0.15) is 11.3 Å². The predicted octanol–water partition coefficient (Wildman–Crippen LogP) is 4.39. The van der Waals surface area contributed by atoms with Gasteiger partial charge in [0.25, 0.3) is 0 Å². The Morgan fingerprint density at radius 2 is 1.92 bits per heavy atom. The van der Waals surface area contributed by atoms with Crippen molar-refractivity contribution in [2.45, 2.75) is 25.8 Å². The first-order valence-corrected chi connectivity index (χ1v) is 9.18. The number of hydrogen-bond donors (Lipinski definition) is 2. The smallest absolute Gasteiger partial charge is 0.186 e. The topological polar surface area (TPSA) is 48.4 Å². The predicted molar refractivity (Wildman–Crippen MR) is 101 cm³/mol. The van der Waals surface area contributed by atoms with E-state index in [-0.39, 0.29) is 5.75 Å². The number of para-hydroxylation sites is 2. The van der Waals surface area contributed by atoms with Crippen LogP contribution in [-0.2, 0) is 0 Å². The number of aromatic nitrogens is 1. The Morgan fingerprint density at radius 3 is 2.67 bits per heavy atom. The molecule has 0 aliphatic carbocycles. The van der Waals surface area contributed by atoms with Gasteiger partial charge in [0.2, 0.25) is 0 Å². The van der Waals surface area contributed by atoms with Crippen LogP contribution in [0.1, 0.15) is 18.4 Å². The van der Waals surface area contributed by atoms with Gasteiger partial charge in [0, 0.05) is 24.8 Å². The summed E-state index contributed by atoms with van der Waals surface area (Å²) in [5, 5.41) is 14.6. The van der Waals surface area contributed by atoms with Gasteiger partial charge in [-0.15, -0.1) is 0 Å². The first-order valence-electron chi connectivity index (χ1n) is 8.36. The van der Waals surface area contributed by atoms with E-state index in [0.29, 0.717) is 6.04 Å². The third kappa shape index (κ3) is 2.91. The number of nitrogens with one attached hydrogen (secondary N) is 1. The van der Waals surface area contributed by atoms with Crippen LogP contribution in [0.2, 0.25) is 0 Å². The maximum Gasteiger partial charge on any atom is 0.186 e. The number of rotatable bonds is 3. The van der Waals surface area contributed by atoms with Crippen molar-refractivity contribution in [1.29, 1.82) is 0 Å². The Morgan fingerprint density at radius 1 is 1.12 bits per heavy atom. The average Bonchev–Trinajstić information content (AvgIpc) is 3.03. The number of fused-ring (bicyclic) bond motifs is 1. The van der Waals surface area contributed by atoms with Crippen LogP contribution < -0.4 is 10.2 Å². The minimum Gasteiger partial charge on any atom is -0.506 e. The molecule has 2 heterocycles. The fourth-order valence-electron chi connectivity index (χ4n) is 3.23. The number of aromatic hydroxyl groups is 1. The Kier molecular flexibility index (Phi) is 4.02. The Hall–Kier alpha value is -2.27. The minimum atomic E-state index is 0.270. The summed E-state index contributed by atoms with van der Waals surface area (Å²) in [5.74, 6) is 0.270. The van der Waals surface area contributed by atoms with E-state index >= 15 is 0 Å². The highest BCUT2D eigenvalue weighted by Gasteiger charge is 2.22. The summed E-state index contributed by atoms with van der Waals surface area (Å²) >= 11 is 1.66. The lowest BCUT2D eigenvalue weighted by Crippen LogP contribution is -2.39. The molecule has 0 radical (unpaired) electrons. The number of piperidine rings is 1. The molecule has 0 unspecified atom stereocenters. The van der Waals surface area contributed by atoms with Crippen molar-refractivity contribution in [3.8, 4) is 5.75 Å². The van der Waals surface area contributed by atoms with Gasteiger partial charge in [-0.05, 0) is 43.5 Å². The quantitative estimate of drug-likeness (QED) is 0.743. The van der Waals surface area contributed by atoms with Gasteiger partial charge in [-0.1, -0.05) is 35.6 Å². The number of benzene rings is 2. The van der Waals surface area contributed by atoms with Crippen LogP contribution in [0.25, 0.3) is 10.2 Å². The van der Waals surface area contributed by atoms with E-state index in [4.69, 9.17) is 0 Å². The molecule has 0 spiro atoms. The van der Waals surface area contributed by atoms with Crippen molar-refractivity contribution in [1.82, 2.24) is 4.98 Å². The summed E-state index contributed by atoms with van der Waals surface area (Å²) in [7, 11) is 0. The summed E-state index contributed by atoms with van der Waals surface area (Å²) in [6, 6.07) is 14.5. The van der Waals surface area contributed by atoms with Gasteiger partial charge in [0.15, 0.2) is 5.13 Å². The van der Waals surface area contributed by atoms with Crippen LogP contribution in [0, 0.1) is 6.92 Å². The monoisotopic (exact) mass is 339 g/mol. The number of anilines is 2. The van der Waals surface area contributed by atoms with Crippen molar-refractivity contribution in [2.75, 3.05) is 23.3 Å². The molecule has 0 saturated carbocycles. The van der Waals surface area contributed by atoms with Gasteiger partial charge in [-0.2, -0.15) is 0 Å². The van der Waals surface area contributed by atoms with E-state index in [1.54, 1.807) is 17.4 Å². The lowest BCUT2D eigenvalue weighted by Gasteiger charge is -2.33. The molecule has 2 N–H and O–H groups in total. The zero-order valence-electron chi connectivity index (χ0n) is 13.7. The first kappa shape index (κ1) is 15.3. The van der Waals surface area contributed by atoms with Crippen LogP contribution in [0.15, 0.2) is 42.5 Å². The van der Waals surface area contributed by atoms with Gasteiger partial charge in [0.05, 0.1) is 4.70 Å². The number of hydrogen-bond acceptors (Lipinski definition) is 5. The van der Waals surface area contributed by atoms with Gasteiger partial charge < -0.3 is 15.3 Å². The molecule has 1 aromatic heterocycles. The van der Waals surface area contributed by atoms with E-state index in [0.717, 1.165) is 41.3 Å². The molecule has 24 heavy (non-hydrogen) atoms. The normalized spacial score (nSPS) is 15.8. The minimum absolute atomic E-state index is 0.270. The van der Waals surface area contributed by atoms with Crippen molar-refractivity contribution in [2.24, 2.45) is 0 Å². The fourth-order valence-corrected chi connectivity index (χ4v) is 4.27. The van der Waals surface area contributed by atoms with Crippen molar-refractivity contribution in [3.05, 3.63) is 48.0 Å². The third-order valence-corrected chi connectivity index (χ3v) is 5.74. The number of thiazole rings is 1. The summed E-state index contributed by atoms with van der Waals surface area (Å²) in [6.45, 7) is 4.12. The van der Waals surface area contributed by atoms with E-state index in [1.807, 2.05) is 12.1 Å². The maximum absolute atomic E-state index is 9.93. The summed E-state index contributed by atoms with van der Waals surface area (Å²) in [6.07, 6.45) is 2.19. The molecule has 4 nitrogen and oxygen atoms in total. The Balaban J connectivity index is 1.44. The molecule has 5 heteroatoms. The zero-order chi connectivity index (χ0) is 16.5. The van der Waals surface area contributed by atoms with Crippen LogP contribution >= 0.6 is 11.3 Å². The van der Waals surface area contributed by atoms with E-state index in [9.17, 15) is 5.11 Å². The molecule has 1 aliphatic heterocycles. The fraction of sp³-hybridized carbons (Fsp3) is 0.316. The molecule has 1 saturated heterocycles. The van der Waals surface area contributed by atoms with Crippen LogP contribution in [0.3, 0.4) is 0 Å². The molecular weight excluding hydrogens is 318 g/mol. The lowest BCUT2D eigenvalue weighted by molar-refractivity contribution is 0.480. The molecule has 2 aromatic carbocycles. The molecule has 4 rings (SSSR count). The molecule has 1 aliphatic rings. The lowest BCUT2D eigenvalue weighted by atomic mass is 10.0. The number of phenolic OH excluding ortho intramolecular Hbond substituents is 1. The second-order valence-corrected chi connectivity index (χ2v) is 7.35. The molecule has 3 aromatic rings. The maximum atomic E-state index is 9.93. The highest BCUT2D eigenvalue weighted by atomic mass is 32.1. The van der Waals surface area contributed by atoms with Crippen LogP contribution in [0.4, 0.5) is 10.8 Å². The van der Waals surface area contributed by atoms with Crippen molar-refractivity contribution in [3.63, 3.8) is 0 Å². The van der Waals surface area contributed by atoms with E-state index < -0.39 is 0 Å². The average molecular weight is 339 g/mol. The largest absolute Gasteiger partial charge is 0.506 e. The molecular formula is C19H21N3OS. The zero-order valence-corrected chi connectivity index (χ0v) is 14.5. The second-order valence-electron chi connectivity index (χ2n) is 6.34. The first-order chi connectivity index (χ1) is 11.7. The number of phenols is 1. The second kappa shape index (κ2) is 6.32. The SMILES string of the molecule is Cc1ccccc1NC1CCN(c2nc3c(O)cccc3s2)CC1. The Labute approximate surface area is 145 Å². The molecule has 0 bridgehead atoms. The number of nitrogens with zero attached hydrogens (tertiary/aromatic N) is 2. The molecule has 1 fully saturated rings. The van der Waals surface area contributed by atoms with E-state index in [1.165, 1.54) is 11.3 Å². The summed E-state index contributed by atoms with van der Waals surface area (Å²) in [5.41, 5.74) is 3.25. The molecule has 0 amide bonds.